The third-order valence-corrected chi connectivity index (χ3v) is 7.31. The Labute approximate surface area is 238 Å². The van der Waals surface area contributed by atoms with Gasteiger partial charge in [-0.15, -0.1) is 0 Å². The van der Waals surface area contributed by atoms with Crippen molar-refractivity contribution in [3.8, 4) is 0 Å². The van der Waals surface area contributed by atoms with Crippen LogP contribution in [-0.4, -0.2) is 58.2 Å². The van der Waals surface area contributed by atoms with Crippen molar-refractivity contribution < 1.29 is 28.8 Å². The number of nitro benzene ring substituents is 1. The van der Waals surface area contributed by atoms with Crippen LogP contribution in [0.1, 0.15) is 32.7 Å². The van der Waals surface area contributed by atoms with E-state index in [0.29, 0.717) is 6.42 Å². The van der Waals surface area contributed by atoms with Gasteiger partial charge in [0.2, 0.25) is 5.91 Å². The van der Waals surface area contributed by atoms with E-state index in [1.54, 1.807) is 0 Å². The zero-order chi connectivity index (χ0) is 29.3. The van der Waals surface area contributed by atoms with Crippen LogP contribution >= 0.6 is 11.6 Å². The van der Waals surface area contributed by atoms with Crippen LogP contribution in [0.3, 0.4) is 0 Å². The Kier molecular flexibility index (Phi) is 7.54. The average molecular weight is 575 g/mol. The van der Waals surface area contributed by atoms with Gasteiger partial charge in [0, 0.05) is 35.3 Å². The van der Waals surface area contributed by atoms with Gasteiger partial charge in [-0.3, -0.25) is 24.5 Å². The Bertz CT molecular complexity index is 1700. The van der Waals surface area contributed by atoms with Crippen LogP contribution in [0.15, 0.2) is 72.9 Å². The van der Waals surface area contributed by atoms with E-state index >= 15 is 0 Å². The van der Waals surface area contributed by atoms with Crippen molar-refractivity contribution in [1.29, 1.82) is 0 Å². The number of benzene rings is 3. The highest BCUT2D eigenvalue weighted by Crippen LogP contribution is 2.30. The quantitative estimate of drug-likeness (QED) is 0.141. The summed E-state index contributed by atoms with van der Waals surface area (Å²) in [6.45, 7) is 0.0515. The number of amides is 3. The molecular weight excluding hydrogens is 552 g/mol. The lowest BCUT2D eigenvalue weighted by Gasteiger charge is -2.28. The molecule has 3 aromatic carbocycles. The van der Waals surface area contributed by atoms with Crippen LogP contribution in [0.2, 0.25) is 5.02 Å². The zero-order valence-electron chi connectivity index (χ0n) is 21.7. The van der Waals surface area contributed by atoms with Crippen molar-refractivity contribution in [3.63, 3.8) is 0 Å². The molecule has 0 aliphatic carbocycles. The van der Waals surface area contributed by atoms with Crippen LogP contribution in [0.5, 0.6) is 0 Å². The average Bonchev–Trinajstić information content (AvgIpc) is 3.52. The second-order valence-electron chi connectivity index (χ2n) is 9.36. The number of H-pyrrole nitrogens is 1. The highest BCUT2D eigenvalue weighted by Gasteiger charge is 2.44. The van der Waals surface area contributed by atoms with Gasteiger partial charge in [0.25, 0.3) is 17.5 Å². The number of hydrogen-bond donors (Lipinski definition) is 1. The Hall–Kier alpha value is -5.03. The maximum Gasteiger partial charge on any atom is 0.337 e. The molecule has 1 aliphatic rings. The molecule has 1 aromatic heterocycles. The number of esters is 1. The highest BCUT2D eigenvalue weighted by molar-refractivity contribution is 6.32. The number of halogens is 1. The molecule has 41 heavy (non-hydrogen) atoms. The number of aromatic amines is 1. The molecule has 1 atom stereocenters. The first-order valence-corrected chi connectivity index (χ1v) is 12.9. The largest absolute Gasteiger partial charge is 0.465 e. The molecule has 0 bridgehead atoms. The number of para-hydroxylation sites is 1. The van der Waals surface area contributed by atoms with E-state index in [2.05, 4.69) is 4.98 Å². The summed E-state index contributed by atoms with van der Waals surface area (Å²) in [5, 5.41) is 12.3. The maximum absolute atomic E-state index is 13.8. The normalized spacial score (nSPS) is 14.9. The summed E-state index contributed by atoms with van der Waals surface area (Å²) in [6, 6.07) is 15.9. The summed E-state index contributed by atoms with van der Waals surface area (Å²) < 4.78 is 4.69. The lowest BCUT2D eigenvalue weighted by Crippen LogP contribution is -2.46. The third kappa shape index (κ3) is 5.27. The summed E-state index contributed by atoms with van der Waals surface area (Å²) in [5.41, 5.74) is 1.79. The van der Waals surface area contributed by atoms with E-state index in [1.165, 1.54) is 48.4 Å². The lowest BCUT2D eigenvalue weighted by atomic mass is 10.1. The standard InChI is InChI=1S/C29H23ClN4O7/c1-41-29(38)17-6-9-20(10-7-17)33-26(35)15-25(28(33)37)32(13-12-19-16-31-23-5-3-2-4-21(19)23)27(36)18-8-11-22(30)24(14-18)34(39)40/h2-11,14,16,25,31H,12-13,15H2,1H3. The molecular formula is C29H23ClN4O7. The van der Waals surface area contributed by atoms with Gasteiger partial charge < -0.3 is 14.6 Å². The predicted molar refractivity (Wildman–Crippen MR) is 150 cm³/mol. The molecule has 208 valence electrons. The molecule has 0 saturated carbocycles. The Morgan fingerprint density at radius 1 is 1.10 bits per heavy atom. The van der Waals surface area contributed by atoms with Crippen molar-refractivity contribution in [1.82, 2.24) is 9.88 Å². The molecule has 1 unspecified atom stereocenters. The monoisotopic (exact) mass is 574 g/mol. The van der Waals surface area contributed by atoms with E-state index in [0.717, 1.165) is 27.4 Å². The van der Waals surface area contributed by atoms with Crippen LogP contribution in [0.25, 0.3) is 10.9 Å². The Morgan fingerprint density at radius 3 is 2.51 bits per heavy atom. The minimum absolute atomic E-state index is 0.0406. The third-order valence-electron chi connectivity index (χ3n) is 6.99. The van der Waals surface area contributed by atoms with Gasteiger partial charge in [0.15, 0.2) is 0 Å². The van der Waals surface area contributed by atoms with Crippen molar-refractivity contribution in [2.75, 3.05) is 18.6 Å². The number of carbonyl (C=O) groups excluding carboxylic acids is 4. The molecule has 3 amide bonds. The summed E-state index contributed by atoms with van der Waals surface area (Å²) in [6.07, 6.45) is 1.88. The van der Waals surface area contributed by atoms with Crippen LogP contribution < -0.4 is 4.90 Å². The van der Waals surface area contributed by atoms with Gasteiger partial charge in [-0.25, -0.2) is 9.69 Å². The van der Waals surface area contributed by atoms with Crippen molar-refractivity contribution in [3.05, 3.63) is 105 Å². The highest BCUT2D eigenvalue weighted by atomic mass is 35.5. The Morgan fingerprint density at radius 2 is 1.80 bits per heavy atom. The SMILES string of the molecule is COC(=O)c1ccc(N2C(=O)CC(N(CCc3c[nH]c4ccccc34)C(=O)c3ccc(Cl)c([N+](=O)[O-])c3)C2=O)cc1. The molecule has 12 heteroatoms. The van der Waals surface area contributed by atoms with Gasteiger partial charge >= 0.3 is 5.97 Å². The fourth-order valence-corrected chi connectivity index (χ4v) is 5.11. The zero-order valence-corrected chi connectivity index (χ0v) is 22.5. The van der Waals surface area contributed by atoms with Crippen molar-refractivity contribution in [2.24, 2.45) is 0 Å². The number of nitro groups is 1. The van der Waals surface area contributed by atoms with E-state index in [-0.39, 0.29) is 34.8 Å². The molecule has 1 saturated heterocycles. The number of aromatic nitrogens is 1. The second-order valence-corrected chi connectivity index (χ2v) is 9.76. The summed E-state index contributed by atoms with van der Waals surface area (Å²) in [5.74, 6) is -2.38. The van der Waals surface area contributed by atoms with E-state index < -0.39 is 40.3 Å². The number of carbonyl (C=O) groups is 4. The number of nitrogens with zero attached hydrogens (tertiary/aromatic N) is 3. The number of nitrogens with one attached hydrogen (secondary N) is 1. The number of anilines is 1. The van der Waals surface area contributed by atoms with Crippen molar-refractivity contribution >= 4 is 57.6 Å². The Balaban J connectivity index is 1.48. The number of rotatable bonds is 8. The molecule has 1 aliphatic heterocycles. The second kappa shape index (κ2) is 11.2. The molecule has 0 radical (unpaired) electrons. The molecule has 2 heterocycles. The maximum atomic E-state index is 13.8. The minimum atomic E-state index is -1.16. The van der Waals surface area contributed by atoms with E-state index in [9.17, 15) is 29.3 Å². The first kappa shape index (κ1) is 27.5. The molecule has 11 nitrogen and oxygen atoms in total. The number of hydrogen-bond acceptors (Lipinski definition) is 7. The van der Waals surface area contributed by atoms with Crippen LogP contribution in [0.4, 0.5) is 11.4 Å². The van der Waals surface area contributed by atoms with Crippen molar-refractivity contribution in [2.45, 2.75) is 18.9 Å². The number of ether oxygens (including phenoxy) is 1. The van der Waals surface area contributed by atoms with Gasteiger partial charge in [-0.1, -0.05) is 29.8 Å². The first-order chi connectivity index (χ1) is 19.7. The molecule has 0 spiro atoms. The number of methoxy groups -OCH3 is 1. The lowest BCUT2D eigenvalue weighted by molar-refractivity contribution is -0.384. The number of fused-ring (bicyclic) bond motifs is 1. The fraction of sp³-hybridized carbons (Fsp3) is 0.172. The fourth-order valence-electron chi connectivity index (χ4n) is 4.92. The van der Waals surface area contributed by atoms with E-state index in [1.807, 2.05) is 30.5 Å². The summed E-state index contributed by atoms with van der Waals surface area (Å²) in [4.78, 5) is 68.6. The molecule has 5 rings (SSSR count). The molecule has 1 N–H and O–H groups in total. The summed E-state index contributed by atoms with van der Waals surface area (Å²) >= 11 is 5.95. The van der Waals surface area contributed by atoms with Gasteiger partial charge in [0.05, 0.1) is 29.7 Å². The van der Waals surface area contributed by atoms with Gasteiger partial charge in [-0.05, 0) is 54.4 Å². The number of imide groups is 1. The summed E-state index contributed by atoms with van der Waals surface area (Å²) in [7, 11) is 1.24. The molecule has 1 fully saturated rings. The van der Waals surface area contributed by atoms with Gasteiger partial charge in [0.1, 0.15) is 11.1 Å². The van der Waals surface area contributed by atoms with Crippen LogP contribution in [-0.2, 0) is 20.7 Å². The smallest absolute Gasteiger partial charge is 0.337 e. The topological polar surface area (TPSA) is 143 Å². The molecule has 4 aromatic rings. The van der Waals surface area contributed by atoms with Gasteiger partial charge in [-0.2, -0.15) is 0 Å². The first-order valence-electron chi connectivity index (χ1n) is 12.5. The minimum Gasteiger partial charge on any atom is -0.465 e. The van der Waals surface area contributed by atoms with Crippen LogP contribution in [0, 0.1) is 10.1 Å². The predicted octanol–water partition coefficient (Wildman–Crippen LogP) is 4.53. The van der Waals surface area contributed by atoms with E-state index in [4.69, 9.17) is 16.3 Å².